The summed E-state index contributed by atoms with van der Waals surface area (Å²) in [5.41, 5.74) is -0.998. The first-order valence-electron chi connectivity index (χ1n) is 5.62. The first-order chi connectivity index (χ1) is 7.32. The van der Waals surface area contributed by atoms with Crippen LogP contribution in [0.15, 0.2) is 0 Å². The van der Waals surface area contributed by atoms with Crippen LogP contribution in [-0.2, 0) is 14.3 Å². The van der Waals surface area contributed by atoms with Crippen molar-refractivity contribution in [3.8, 4) is 0 Å². The van der Waals surface area contributed by atoms with Crippen molar-refractivity contribution in [3.63, 3.8) is 0 Å². The predicted octanol–water partition coefficient (Wildman–Crippen LogP) is 0.0250. The second kappa shape index (κ2) is 3.68. The first-order valence-corrected chi connectivity index (χ1v) is 5.62. The summed E-state index contributed by atoms with van der Waals surface area (Å²) in [6.07, 6.45) is 0.577. The molecule has 5 nitrogen and oxygen atoms in total. The lowest BCUT2D eigenvalue weighted by molar-refractivity contribution is -0.174. The van der Waals surface area contributed by atoms with Crippen molar-refractivity contribution >= 4 is 5.91 Å². The van der Waals surface area contributed by atoms with Gasteiger partial charge in [0.15, 0.2) is 5.79 Å². The van der Waals surface area contributed by atoms with Gasteiger partial charge in [-0.1, -0.05) is 0 Å². The van der Waals surface area contributed by atoms with Crippen LogP contribution >= 0.6 is 0 Å². The maximum absolute atomic E-state index is 11.4. The van der Waals surface area contributed by atoms with Crippen molar-refractivity contribution in [1.82, 2.24) is 5.32 Å². The Morgan fingerprint density at radius 1 is 1.50 bits per heavy atom. The van der Waals surface area contributed by atoms with E-state index in [0.29, 0.717) is 19.6 Å². The summed E-state index contributed by atoms with van der Waals surface area (Å²) in [7, 11) is 0. The van der Waals surface area contributed by atoms with Crippen molar-refractivity contribution in [3.05, 3.63) is 0 Å². The van der Waals surface area contributed by atoms with E-state index >= 15 is 0 Å². The van der Waals surface area contributed by atoms with Gasteiger partial charge in [0.1, 0.15) is 0 Å². The zero-order chi connectivity index (χ0) is 12.0. The summed E-state index contributed by atoms with van der Waals surface area (Å²) in [6, 6.07) is -0.0735. The maximum atomic E-state index is 11.4. The third-order valence-electron chi connectivity index (χ3n) is 3.26. The van der Waals surface area contributed by atoms with E-state index < -0.39 is 11.4 Å². The normalized spacial score (nSPS) is 33.4. The van der Waals surface area contributed by atoms with Gasteiger partial charge in [-0.25, -0.2) is 0 Å². The van der Waals surface area contributed by atoms with E-state index in [9.17, 15) is 9.90 Å². The smallest absolute Gasteiger partial charge is 0.228 e. The van der Waals surface area contributed by atoms with E-state index in [1.165, 1.54) is 0 Å². The summed E-state index contributed by atoms with van der Waals surface area (Å²) in [5, 5.41) is 12.7. The Kier molecular flexibility index (Phi) is 2.72. The van der Waals surface area contributed by atoms with Gasteiger partial charge >= 0.3 is 0 Å². The van der Waals surface area contributed by atoms with Gasteiger partial charge in [0, 0.05) is 12.5 Å². The van der Waals surface area contributed by atoms with Crippen LogP contribution in [0.25, 0.3) is 0 Å². The van der Waals surface area contributed by atoms with E-state index in [2.05, 4.69) is 5.32 Å². The molecule has 2 fully saturated rings. The molecule has 0 radical (unpaired) electrons. The fourth-order valence-electron chi connectivity index (χ4n) is 2.50. The lowest BCUT2D eigenvalue weighted by atomic mass is 9.75. The Morgan fingerprint density at radius 3 is 2.50 bits per heavy atom. The molecule has 2 N–H and O–H groups in total. The molecule has 92 valence electrons. The topological polar surface area (TPSA) is 67.8 Å². The summed E-state index contributed by atoms with van der Waals surface area (Å²) < 4.78 is 11.0. The molecule has 0 bridgehead atoms. The number of ether oxygens (including phenoxy) is 2. The molecule has 2 aliphatic rings. The van der Waals surface area contributed by atoms with Crippen LogP contribution in [0.5, 0.6) is 0 Å². The Hall–Kier alpha value is -0.650. The molecule has 0 unspecified atom stereocenters. The molecule has 2 heterocycles. The molecule has 2 saturated heterocycles. The molecule has 0 aromatic carbocycles. The Morgan fingerprint density at radius 2 is 2.06 bits per heavy atom. The largest absolute Gasteiger partial charge is 0.390 e. The van der Waals surface area contributed by atoms with Crippen molar-refractivity contribution in [2.75, 3.05) is 13.2 Å². The molecule has 2 aliphatic heterocycles. The summed E-state index contributed by atoms with van der Waals surface area (Å²) in [4.78, 5) is 11.4. The van der Waals surface area contributed by atoms with Gasteiger partial charge in [-0.05, 0) is 20.8 Å². The molecule has 0 aromatic rings. The molecule has 16 heavy (non-hydrogen) atoms. The van der Waals surface area contributed by atoms with Crippen LogP contribution < -0.4 is 5.32 Å². The highest BCUT2D eigenvalue weighted by atomic mass is 16.7. The number of hydrogen-bond donors (Lipinski definition) is 2. The molecule has 1 amide bonds. The van der Waals surface area contributed by atoms with Crippen molar-refractivity contribution in [1.29, 1.82) is 0 Å². The van der Waals surface area contributed by atoms with Crippen LogP contribution in [0.4, 0.5) is 0 Å². The Balaban J connectivity index is 1.99. The average Bonchev–Trinajstić information content (AvgIpc) is 2.47. The number of nitrogens with one attached hydrogen (secondary N) is 1. The number of carbonyl (C=O) groups is 1. The van der Waals surface area contributed by atoms with Crippen LogP contribution in [-0.4, -0.2) is 41.7 Å². The summed E-state index contributed by atoms with van der Waals surface area (Å²) in [6.45, 7) is 6.35. The lowest BCUT2D eigenvalue weighted by Gasteiger charge is -2.45. The third-order valence-corrected chi connectivity index (χ3v) is 3.26. The predicted molar refractivity (Wildman–Crippen MR) is 56.6 cm³/mol. The monoisotopic (exact) mass is 229 g/mol. The van der Waals surface area contributed by atoms with E-state index in [1.807, 2.05) is 6.92 Å². The standard InChI is InChI=1S/C11H19NO4/c1-10(2,14)8-7(12-9(8)13)6-11(3)15-4-5-16-11/h7-8,14H,4-6H2,1-3H3,(H,12,13)/t7-,8-/m0/s1. The maximum Gasteiger partial charge on any atom is 0.228 e. The van der Waals surface area contributed by atoms with Gasteiger partial charge in [0.25, 0.3) is 0 Å². The van der Waals surface area contributed by atoms with E-state index in [4.69, 9.17) is 9.47 Å². The van der Waals surface area contributed by atoms with Gasteiger partial charge in [0.05, 0.1) is 24.7 Å². The van der Waals surface area contributed by atoms with Crippen LogP contribution in [0.1, 0.15) is 27.2 Å². The number of amides is 1. The molecule has 2 rings (SSSR count). The van der Waals surface area contributed by atoms with E-state index in [1.54, 1.807) is 13.8 Å². The quantitative estimate of drug-likeness (QED) is 0.670. The van der Waals surface area contributed by atoms with Gasteiger partial charge in [0.2, 0.25) is 5.91 Å². The third kappa shape index (κ3) is 2.07. The minimum absolute atomic E-state index is 0.0735. The molecule has 5 heteroatoms. The molecule has 0 spiro atoms. The molecule has 0 saturated carbocycles. The zero-order valence-electron chi connectivity index (χ0n) is 9.95. The number of hydrogen-bond acceptors (Lipinski definition) is 4. The van der Waals surface area contributed by atoms with Gasteiger partial charge in [-0.2, -0.15) is 0 Å². The Bertz CT molecular complexity index is 291. The van der Waals surface area contributed by atoms with Crippen molar-refractivity contribution in [2.24, 2.45) is 5.92 Å². The van der Waals surface area contributed by atoms with Gasteiger partial charge in [-0.3, -0.25) is 4.79 Å². The molecule has 0 aliphatic carbocycles. The summed E-state index contributed by atoms with van der Waals surface area (Å²) in [5.74, 6) is -1.10. The molecular formula is C11H19NO4. The molecule has 2 atom stereocenters. The molecule has 0 aromatic heterocycles. The second-order valence-corrected chi connectivity index (χ2v) is 5.28. The average molecular weight is 229 g/mol. The number of carbonyl (C=O) groups excluding carboxylic acids is 1. The summed E-state index contributed by atoms with van der Waals surface area (Å²) >= 11 is 0. The highest BCUT2D eigenvalue weighted by Gasteiger charge is 2.51. The van der Waals surface area contributed by atoms with Crippen LogP contribution in [0, 0.1) is 5.92 Å². The van der Waals surface area contributed by atoms with Crippen LogP contribution in [0.2, 0.25) is 0 Å². The highest BCUT2D eigenvalue weighted by molar-refractivity contribution is 5.87. The van der Waals surface area contributed by atoms with Gasteiger partial charge in [-0.15, -0.1) is 0 Å². The van der Waals surface area contributed by atoms with Crippen molar-refractivity contribution in [2.45, 2.75) is 44.6 Å². The van der Waals surface area contributed by atoms with Gasteiger partial charge < -0.3 is 19.9 Å². The Labute approximate surface area is 95.1 Å². The minimum atomic E-state index is -0.998. The van der Waals surface area contributed by atoms with Crippen LogP contribution in [0.3, 0.4) is 0 Å². The fourth-order valence-corrected chi connectivity index (χ4v) is 2.50. The van der Waals surface area contributed by atoms with E-state index in [-0.39, 0.29) is 17.9 Å². The van der Waals surface area contributed by atoms with Crippen molar-refractivity contribution < 1.29 is 19.4 Å². The SMILES string of the molecule is CC1(C[C@@H]2NC(=O)[C@H]2C(C)(C)O)OCCO1. The second-order valence-electron chi connectivity index (χ2n) is 5.28. The fraction of sp³-hybridized carbons (Fsp3) is 0.909. The minimum Gasteiger partial charge on any atom is -0.390 e. The van der Waals surface area contributed by atoms with E-state index in [0.717, 1.165) is 0 Å². The first kappa shape index (κ1) is 11.8. The zero-order valence-corrected chi connectivity index (χ0v) is 9.95. The molecular weight excluding hydrogens is 210 g/mol. The number of rotatable bonds is 3. The lowest BCUT2D eigenvalue weighted by Crippen LogP contribution is -2.66. The number of aliphatic hydroxyl groups is 1. The number of β-lactam (4-membered cyclic amide) rings is 1. The highest BCUT2D eigenvalue weighted by Crippen LogP contribution is 2.34.